The average molecular weight is 201 g/mol. The molecule has 15 heavy (non-hydrogen) atoms. The molecular formula is C9H8BN3O2. The van der Waals surface area contributed by atoms with Crippen molar-refractivity contribution in [3.05, 3.63) is 24.0 Å². The molecule has 0 bridgehead atoms. The summed E-state index contributed by atoms with van der Waals surface area (Å²) >= 11 is 0. The number of rotatable bonds is 1. The predicted molar refractivity (Wildman–Crippen MR) is 54.6 cm³/mol. The van der Waals surface area contributed by atoms with E-state index >= 15 is 0 Å². The molecular weight excluding hydrogens is 193 g/mol. The first-order chi connectivity index (χ1) is 7.16. The number of fused-ring (bicyclic) bond motifs is 1. The van der Waals surface area contributed by atoms with E-state index in [1.54, 1.807) is 18.3 Å². The summed E-state index contributed by atoms with van der Waals surface area (Å²) in [6.07, 6.45) is 2.00. The van der Waals surface area contributed by atoms with Gasteiger partial charge in [-0.2, -0.15) is 0 Å². The van der Waals surface area contributed by atoms with E-state index < -0.39 is 11.8 Å². The fraction of sp³-hybridized carbons (Fsp3) is 0.222. The summed E-state index contributed by atoms with van der Waals surface area (Å²) in [5, 5.41) is 5.00. The Kier molecular flexibility index (Phi) is 2.41. The Bertz CT molecular complexity index is 422. The quantitative estimate of drug-likeness (QED) is 0.619. The fourth-order valence-corrected chi connectivity index (χ4v) is 1.51. The Hall–Kier alpha value is -1.85. The maximum atomic E-state index is 11.5. The first kappa shape index (κ1) is 9.70. The van der Waals surface area contributed by atoms with Crippen LogP contribution < -0.4 is 10.6 Å². The minimum Gasteiger partial charge on any atom is -0.354 e. The number of nitrogens with one attached hydrogen (secondary N) is 2. The molecule has 0 aliphatic carbocycles. The van der Waals surface area contributed by atoms with Crippen LogP contribution in [0.4, 0.5) is 10.5 Å². The predicted octanol–water partition coefficient (Wildman–Crippen LogP) is -0.177. The molecule has 0 fully saturated rings. The molecule has 1 aromatic heterocycles. The third-order valence-corrected chi connectivity index (χ3v) is 2.18. The van der Waals surface area contributed by atoms with Crippen LogP contribution in [0.3, 0.4) is 0 Å². The van der Waals surface area contributed by atoms with Crippen molar-refractivity contribution in [3.63, 3.8) is 0 Å². The van der Waals surface area contributed by atoms with E-state index in [-0.39, 0.29) is 5.91 Å². The smallest absolute Gasteiger partial charge is 0.247 e. The van der Waals surface area contributed by atoms with Crippen molar-refractivity contribution < 1.29 is 9.59 Å². The molecule has 2 heterocycles. The second kappa shape index (κ2) is 3.72. The molecule has 6 heteroatoms. The Morgan fingerprint density at radius 3 is 3.20 bits per heavy atom. The molecule has 2 amide bonds. The fourth-order valence-electron chi connectivity index (χ4n) is 1.51. The Morgan fingerprint density at radius 2 is 2.47 bits per heavy atom. The Morgan fingerprint density at radius 1 is 1.67 bits per heavy atom. The van der Waals surface area contributed by atoms with Crippen LogP contribution >= 0.6 is 0 Å². The molecule has 1 aliphatic rings. The van der Waals surface area contributed by atoms with Gasteiger partial charge in [0.2, 0.25) is 13.8 Å². The second-order valence-electron chi connectivity index (χ2n) is 3.25. The zero-order chi connectivity index (χ0) is 10.8. The molecule has 0 saturated carbocycles. The van der Waals surface area contributed by atoms with Gasteiger partial charge in [0.15, 0.2) is 5.81 Å². The minimum absolute atomic E-state index is 0.269. The van der Waals surface area contributed by atoms with Gasteiger partial charge in [0.25, 0.3) is 0 Å². The number of hydrogen-bond acceptors (Lipinski definition) is 3. The molecule has 0 saturated heterocycles. The van der Waals surface area contributed by atoms with Crippen LogP contribution in [0.5, 0.6) is 0 Å². The molecule has 1 aromatic rings. The molecule has 2 N–H and O–H groups in total. The summed E-state index contributed by atoms with van der Waals surface area (Å²) in [6, 6.07) is 2.87. The number of aromatic nitrogens is 1. The SMILES string of the molecule is [B]C(=O)NC1Cc2ncccc2NC1=O. The standard InChI is InChI=1S/C9H8BN3O2/c10-9(15)13-7-4-6-5(12-8(7)14)2-1-3-11-6/h1-3,7H,4H2,(H,12,14)(H,13,15). The molecule has 74 valence electrons. The van der Waals surface area contributed by atoms with Crippen molar-refractivity contribution in [3.8, 4) is 0 Å². The summed E-state index contributed by atoms with van der Waals surface area (Å²) in [6.45, 7) is 0. The van der Waals surface area contributed by atoms with E-state index in [4.69, 9.17) is 7.85 Å². The van der Waals surface area contributed by atoms with Gasteiger partial charge in [0, 0.05) is 12.6 Å². The summed E-state index contributed by atoms with van der Waals surface area (Å²) in [5.41, 5.74) is 1.43. The summed E-state index contributed by atoms with van der Waals surface area (Å²) in [7, 11) is 4.96. The molecule has 1 atom stereocenters. The van der Waals surface area contributed by atoms with Crippen molar-refractivity contribution in [1.29, 1.82) is 0 Å². The molecule has 2 radical (unpaired) electrons. The van der Waals surface area contributed by atoms with E-state index in [1.165, 1.54) is 0 Å². The van der Waals surface area contributed by atoms with E-state index in [9.17, 15) is 9.59 Å². The number of carbonyl (C=O) groups excluding carboxylic acids is 2. The van der Waals surface area contributed by atoms with Gasteiger partial charge in [-0.3, -0.25) is 14.6 Å². The highest BCUT2D eigenvalue weighted by Gasteiger charge is 2.26. The van der Waals surface area contributed by atoms with Crippen molar-refractivity contribution in [2.24, 2.45) is 0 Å². The number of amides is 2. The van der Waals surface area contributed by atoms with Crippen molar-refractivity contribution in [2.75, 3.05) is 5.32 Å². The van der Waals surface area contributed by atoms with E-state index in [0.29, 0.717) is 12.1 Å². The first-order valence-corrected chi connectivity index (χ1v) is 4.47. The lowest BCUT2D eigenvalue weighted by Crippen LogP contribution is -2.47. The molecule has 1 unspecified atom stereocenters. The van der Waals surface area contributed by atoms with Gasteiger partial charge in [0.1, 0.15) is 6.04 Å². The number of anilines is 1. The van der Waals surface area contributed by atoms with Crippen LogP contribution in [0.2, 0.25) is 0 Å². The Labute approximate surface area is 87.7 Å². The van der Waals surface area contributed by atoms with Gasteiger partial charge in [0.05, 0.1) is 11.4 Å². The van der Waals surface area contributed by atoms with Crippen LogP contribution in [0.15, 0.2) is 18.3 Å². The number of nitrogens with zero attached hydrogens (tertiary/aromatic N) is 1. The molecule has 1 aliphatic heterocycles. The molecule has 0 spiro atoms. The van der Waals surface area contributed by atoms with Crippen molar-refractivity contribution >= 4 is 25.2 Å². The topological polar surface area (TPSA) is 71.1 Å². The highest BCUT2D eigenvalue weighted by molar-refractivity contribution is 6.57. The summed E-state index contributed by atoms with van der Waals surface area (Å²) in [5.74, 6) is -0.983. The maximum absolute atomic E-state index is 11.5. The van der Waals surface area contributed by atoms with Crippen molar-refractivity contribution in [1.82, 2.24) is 10.3 Å². The summed E-state index contributed by atoms with van der Waals surface area (Å²) < 4.78 is 0. The van der Waals surface area contributed by atoms with Gasteiger partial charge < -0.3 is 10.6 Å². The van der Waals surface area contributed by atoms with Gasteiger partial charge in [-0.05, 0) is 12.1 Å². The molecule has 0 aromatic carbocycles. The average Bonchev–Trinajstić information content (AvgIpc) is 2.18. The number of hydrogen-bond donors (Lipinski definition) is 2. The van der Waals surface area contributed by atoms with E-state index in [1.807, 2.05) is 0 Å². The van der Waals surface area contributed by atoms with Crippen LogP contribution in [0.25, 0.3) is 0 Å². The number of pyridine rings is 1. The maximum Gasteiger partial charge on any atom is 0.247 e. The van der Waals surface area contributed by atoms with Crippen LogP contribution in [0.1, 0.15) is 5.69 Å². The van der Waals surface area contributed by atoms with Crippen LogP contribution in [0, 0.1) is 0 Å². The third kappa shape index (κ3) is 1.98. The molecule has 5 nitrogen and oxygen atoms in total. The largest absolute Gasteiger partial charge is 0.354 e. The minimum atomic E-state index is -0.713. The van der Waals surface area contributed by atoms with Gasteiger partial charge in [-0.15, -0.1) is 0 Å². The van der Waals surface area contributed by atoms with E-state index in [0.717, 1.165) is 5.69 Å². The lowest BCUT2D eigenvalue weighted by molar-refractivity contribution is -0.118. The summed E-state index contributed by atoms with van der Waals surface area (Å²) in [4.78, 5) is 26.2. The zero-order valence-electron chi connectivity index (χ0n) is 7.86. The lowest BCUT2D eigenvalue weighted by atomic mass is 10.0. The monoisotopic (exact) mass is 201 g/mol. The van der Waals surface area contributed by atoms with Gasteiger partial charge in [-0.1, -0.05) is 0 Å². The van der Waals surface area contributed by atoms with Crippen LogP contribution in [-0.2, 0) is 11.2 Å². The third-order valence-electron chi connectivity index (χ3n) is 2.18. The second-order valence-corrected chi connectivity index (χ2v) is 3.25. The lowest BCUT2D eigenvalue weighted by Gasteiger charge is -2.24. The van der Waals surface area contributed by atoms with Crippen molar-refractivity contribution in [2.45, 2.75) is 12.5 Å². The first-order valence-electron chi connectivity index (χ1n) is 4.47. The van der Waals surface area contributed by atoms with Crippen LogP contribution in [-0.4, -0.2) is 30.6 Å². The van der Waals surface area contributed by atoms with Gasteiger partial charge in [-0.25, -0.2) is 0 Å². The normalized spacial score (nSPS) is 18.9. The number of carbonyl (C=O) groups is 2. The zero-order valence-corrected chi connectivity index (χ0v) is 7.86. The van der Waals surface area contributed by atoms with E-state index in [2.05, 4.69) is 15.6 Å². The van der Waals surface area contributed by atoms with Gasteiger partial charge >= 0.3 is 0 Å². The highest BCUT2D eigenvalue weighted by atomic mass is 16.2. The highest BCUT2D eigenvalue weighted by Crippen LogP contribution is 2.19. The molecule has 2 rings (SSSR count). The Balaban J connectivity index is 2.22.